The third-order valence-electron chi connectivity index (χ3n) is 6.06. The number of carbonyl (C=O) groups is 2. The highest BCUT2D eigenvalue weighted by molar-refractivity contribution is 6.31. The van der Waals surface area contributed by atoms with Gasteiger partial charge in [0.05, 0.1) is 13.1 Å². The van der Waals surface area contributed by atoms with Gasteiger partial charge in [0.1, 0.15) is 0 Å². The molecule has 3 rings (SSSR count). The van der Waals surface area contributed by atoms with Gasteiger partial charge in [0, 0.05) is 29.0 Å². The summed E-state index contributed by atoms with van der Waals surface area (Å²) in [5.41, 5.74) is 3.56. The minimum absolute atomic E-state index is 0.0987. The summed E-state index contributed by atoms with van der Waals surface area (Å²) in [4.78, 5) is 26.9. The van der Waals surface area contributed by atoms with Crippen molar-refractivity contribution in [3.8, 4) is 0 Å². The van der Waals surface area contributed by atoms with E-state index in [0.29, 0.717) is 16.8 Å². The first-order chi connectivity index (χ1) is 15.4. The molecule has 0 radical (unpaired) electrons. The Bertz CT molecular complexity index is 928. The Kier molecular flexibility index (Phi) is 8.94. The molecule has 0 unspecified atom stereocenters. The number of carbonyl (C=O) groups excluding carboxylic acids is 2. The van der Waals surface area contributed by atoms with Crippen molar-refractivity contribution in [3.63, 3.8) is 0 Å². The standard InChI is InChI=1S/C25H33ClN4O2/c1-18-21(26)12-8-14-22(18)29-25(32)16-28-24(31)15-27-23-13-7-6-9-19(23)17-30(2)20-10-4-3-5-11-20/h6-9,12-14,20,27H,3-5,10-11,15-17H2,1-2H3,(H,28,31)(H,29,32). The first-order valence-electron chi connectivity index (χ1n) is 11.3. The molecule has 6 nitrogen and oxygen atoms in total. The average molecular weight is 457 g/mol. The minimum atomic E-state index is -0.293. The Hall–Kier alpha value is -2.57. The average Bonchev–Trinajstić information content (AvgIpc) is 2.80. The van der Waals surface area contributed by atoms with Crippen LogP contribution in [0.4, 0.5) is 11.4 Å². The second-order valence-electron chi connectivity index (χ2n) is 8.45. The molecule has 2 aromatic carbocycles. The number of rotatable bonds is 9. The van der Waals surface area contributed by atoms with E-state index in [9.17, 15) is 9.59 Å². The largest absolute Gasteiger partial charge is 0.376 e. The van der Waals surface area contributed by atoms with Crippen LogP contribution in [0.5, 0.6) is 0 Å². The van der Waals surface area contributed by atoms with E-state index in [4.69, 9.17) is 11.6 Å². The Morgan fingerprint density at radius 1 is 0.969 bits per heavy atom. The molecule has 1 aliphatic carbocycles. The topological polar surface area (TPSA) is 73.5 Å². The lowest BCUT2D eigenvalue weighted by Gasteiger charge is -2.31. The number of amides is 2. The highest BCUT2D eigenvalue weighted by atomic mass is 35.5. The van der Waals surface area contributed by atoms with Gasteiger partial charge in [0.25, 0.3) is 0 Å². The van der Waals surface area contributed by atoms with Crippen LogP contribution >= 0.6 is 11.6 Å². The number of anilines is 2. The fraction of sp³-hybridized carbons (Fsp3) is 0.440. The minimum Gasteiger partial charge on any atom is -0.376 e. The van der Waals surface area contributed by atoms with Crippen LogP contribution in [0.2, 0.25) is 5.02 Å². The van der Waals surface area contributed by atoms with Crippen molar-refractivity contribution >= 4 is 34.8 Å². The molecule has 0 heterocycles. The van der Waals surface area contributed by atoms with E-state index in [1.54, 1.807) is 18.2 Å². The summed E-state index contributed by atoms with van der Waals surface area (Å²) in [6, 6.07) is 14.0. The molecule has 0 spiro atoms. The maximum Gasteiger partial charge on any atom is 0.243 e. The van der Waals surface area contributed by atoms with Gasteiger partial charge >= 0.3 is 0 Å². The number of halogens is 1. The van der Waals surface area contributed by atoms with Gasteiger partial charge in [-0.25, -0.2) is 0 Å². The van der Waals surface area contributed by atoms with E-state index in [0.717, 1.165) is 17.8 Å². The van der Waals surface area contributed by atoms with E-state index >= 15 is 0 Å². The third-order valence-corrected chi connectivity index (χ3v) is 6.47. The zero-order valence-electron chi connectivity index (χ0n) is 18.9. The SMILES string of the molecule is Cc1c(Cl)cccc1NC(=O)CNC(=O)CNc1ccccc1CN(C)C1CCCCC1. The van der Waals surface area contributed by atoms with Gasteiger partial charge in [-0.05, 0) is 56.1 Å². The molecule has 0 aromatic heterocycles. The molecule has 0 saturated heterocycles. The van der Waals surface area contributed by atoms with Crippen LogP contribution < -0.4 is 16.0 Å². The molecular weight excluding hydrogens is 424 g/mol. The molecule has 1 aliphatic rings. The summed E-state index contributed by atoms with van der Waals surface area (Å²) in [5, 5.41) is 9.25. The lowest BCUT2D eigenvalue weighted by atomic mass is 9.94. The van der Waals surface area contributed by atoms with Crippen LogP contribution in [0.1, 0.15) is 43.2 Å². The van der Waals surface area contributed by atoms with Crippen LogP contribution in [0, 0.1) is 6.92 Å². The zero-order valence-corrected chi connectivity index (χ0v) is 19.7. The zero-order chi connectivity index (χ0) is 22.9. The maximum atomic E-state index is 12.3. The van der Waals surface area contributed by atoms with Crippen LogP contribution in [-0.2, 0) is 16.1 Å². The number of benzene rings is 2. The summed E-state index contributed by atoms with van der Waals surface area (Å²) in [6.07, 6.45) is 6.46. The summed E-state index contributed by atoms with van der Waals surface area (Å²) in [6.45, 7) is 2.69. The van der Waals surface area contributed by atoms with Gasteiger partial charge in [-0.1, -0.05) is 55.1 Å². The Balaban J connectivity index is 1.46. The summed E-state index contributed by atoms with van der Waals surface area (Å²) in [5.74, 6) is -0.531. The smallest absolute Gasteiger partial charge is 0.243 e. The Morgan fingerprint density at radius 3 is 2.47 bits per heavy atom. The summed E-state index contributed by atoms with van der Waals surface area (Å²) >= 11 is 6.08. The van der Waals surface area contributed by atoms with Crippen LogP contribution in [-0.4, -0.2) is 42.9 Å². The molecule has 2 amide bonds. The van der Waals surface area contributed by atoms with Crippen LogP contribution in [0.25, 0.3) is 0 Å². The number of nitrogens with one attached hydrogen (secondary N) is 3. The van der Waals surface area contributed by atoms with Crippen molar-refractivity contribution in [2.75, 3.05) is 30.8 Å². The van der Waals surface area contributed by atoms with Crippen molar-refractivity contribution in [2.24, 2.45) is 0 Å². The quantitative estimate of drug-likeness (QED) is 0.516. The highest BCUT2D eigenvalue weighted by Crippen LogP contribution is 2.25. The third kappa shape index (κ3) is 6.97. The number of nitrogens with zero attached hydrogens (tertiary/aromatic N) is 1. The van der Waals surface area contributed by atoms with Crippen LogP contribution in [0.3, 0.4) is 0 Å². The molecule has 7 heteroatoms. The second kappa shape index (κ2) is 11.9. The molecule has 32 heavy (non-hydrogen) atoms. The van der Waals surface area contributed by atoms with Crippen molar-refractivity contribution in [1.82, 2.24) is 10.2 Å². The van der Waals surface area contributed by atoms with Gasteiger partial charge in [0.2, 0.25) is 11.8 Å². The molecule has 2 aromatic rings. The molecular formula is C25H33ClN4O2. The Labute approximate surface area is 195 Å². The first-order valence-corrected chi connectivity index (χ1v) is 11.7. The Morgan fingerprint density at radius 2 is 1.69 bits per heavy atom. The van der Waals surface area contributed by atoms with E-state index in [1.165, 1.54) is 37.7 Å². The monoisotopic (exact) mass is 456 g/mol. The molecule has 172 valence electrons. The fourth-order valence-corrected chi connectivity index (χ4v) is 4.28. The van der Waals surface area contributed by atoms with Crippen molar-refractivity contribution in [1.29, 1.82) is 0 Å². The van der Waals surface area contributed by atoms with Crippen molar-refractivity contribution < 1.29 is 9.59 Å². The second-order valence-corrected chi connectivity index (χ2v) is 8.86. The summed E-state index contributed by atoms with van der Waals surface area (Å²) in [7, 11) is 2.18. The lowest BCUT2D eigenvalue weighted by Crippen LogP contribution is -2.36. The van der Waals surface area contributed by atoms with Crippen LogP contribution in [0.15, 0.2) is 42.5 Å². The fourth-order valence-electron chi connectivity index (χ4n) is 4.10. The van der Waals surface area contributed by atoms with Crippen molar-refractivity contribution in [2.45, 2.75) is 51.6 Å². The molecule has 0 atom stereocenters. The van der Waals surface area contributed by atoms with Gasteiger partial charge in [-0.15, -0.1) is 0 Å². The van der Waals surface area contributed by atoms with Gasteiger partial charge < -0.3 is 16.0 Å². The first kappa shape index (κ1) is 24.1. The van der Waals surface area contributed by atoms with E-state index in [-0.39, 0.29) is 24.9 Å². The molecule has 0 bridgehead atoms. The molecule has 1 fully saturated rings. The highest BCUT2D eigenvalue weighted by Gasteiger charge is 2.19. The van der Waals surface area contributed by atoms with Gasteiger partial charge in [-0.2, -0.15) is 0 Å². The van der Waals surface area contributed by atoms with Gasteiger partial charge in [-0.3, -0.25) is 14.5 Å². The number of hydrogen-bond acceptors (Lipinski definition) is 4. The van der Waals surface area contributed by atoms with Gasteiger partial charge in [0.15, 0.2) is 0 Å². The lowest BCUT2D eigenvalue weighted by molar-refractivity contribution is -0.122. The number of para-hydroxylation sites is 1. The van der Waals surface area contributed by atoms with E-state index in [1.807, 2.05) is 25.1 Å². The predicted molar refractivity (Wildman–Crippen MR) is 131 cm³/mol. The molecule has 3 N–H and O–H groups in total. The van der Waals surface area contributed by atoms with Crippen molar-refractivity contribution in [3.05, 3.63) is 58.6 Å². The summed E-state index contributed by atoms with van der Waals surface area (Å²) < 4.78 is 0. The predicted octanol–water partition coefficient (Wildman–Crippen LogP) is 4.58. The molecule has 1 saturated carbocycles. The number of hydrogen-bond donors (Lipinski definition) is 3. The van der Waals surface area contributed by atoms with E-state index in [2.05, 4.69) is 34.0 Å². The molecule has 0 aliphatic heterocycles. The maximum absolute atomic E-state index is 12.3. The van der Waals surface area contributed by atoms with E-state index < -0.39 is 0 Å². The normalized spacial score (nSPS) is 14.2.